The lowest BCUT2D eigenvalue weighted by molar-refractivity contribution is -0.126. The van der Waals surface area contributed by atoms with Gasteiger partial charge in [0.15, 0.2) is 0 Å². The molecule has 0 radical (unpaired) electrons. The Morgan fingerprint density at radius 3 is 3.00 bits per heavy atom. The van der Waals surface area contributed by atoms with Crippen LogP contribution >= 0.6 is 23.2 Å². The average molecular weight is 360 g/mol. The number of benzene rings is 1. The molecule has 1 aliphatic rings. The molecule has 1 amide bonds. The second-order valence-electron chi connectivity index (χ2n) is 5.64. The Hall–Kier alpha value is -1.01. The molecule has 0 aliphatic carbocycles. The first-order valence-corrected chi connectivity index (χ1v) is 8.63. The highest BCUT2D eigenvalue weighted by Crippen LogP contribution is 2.27. The van der Waals surface area contributed by atoms with E-state index in [-0.39, 0.29) is 11.8 Å². The monoisotopic (exact) mass is 359 g/mol. The number of likely N-dealkylation sites (tertiary alicyclic amines) is 1. The molecule has 3 N–H and O–H groups in total. The van der Waals surface area contributed by atoms with E-state index in [0.29, 0.717) is 35.5 Å². The Balaban J connectivity index is 1.76. The van der Waals surface area contributed by atoms with Crippen LogP contribution in [0.25, 0.3) is 0 Å². The van der Waals surface area contributed by atoms with Crippen LogP contribution in [-0.2, 0) is 4.79 Å². The molecule has 1 heterocycles. The van der Waals surface area contributed by atoms with E-state index in [4.69, 9.17) is 33.7 Å². The highest BCUT2D eigenvalue weighted by molar-refractivity contribution is 6.35. The molecule has 23 heavy (non-hydrogen) atoms. The van der Waals surface area contributed by atoms with Crippen LogP contribution in [0.5, 0.6) is 5.75 Å². The van der Waals surface area contributed by atoms with Gasteiger partial charge in [0.05, 0.1) is 10.9 Å². The summed E-state index contributed by atoms with van der Waals surface area (Å²) >= 11 is 11.9. The van der Waals surface area contributed by atoms with Gasteiger partial charge >= 0.3 is 0 Å². The van der Waals surface area contributed by atoms with Crippen LogP contribution in [0, 0.1) is 5.92 Å². The fraction of sp³-hybridized carbons (Fsp3) is 0.562. The summed E-state index contributed by atoms with van der Waals surface area (Å²) in [5.74, 6) is 0.765. The van der Waals surface area contributed by atoms with Gasteiger partial charge in [-0.05, 0) is 37.6 Å². The van der Waals surface area contributed by atoms with Crippen LogP contribution in [0.15, 0.2) is 18.2 Å². The highest BCUT2D eigenvalue weighted by Gasteiger charge is 2.25. The molecular weight excluding hydrogens is 337 g/mol. The minimum Gasteiger partial charge on any atom is -0.491 e. The molecule has 2 rings (SSSR count). The number of piperidine rings is 1. The van der Waals surface area contributed by atoms with E-state index in [1.165, 1.54) is 0 Å². The predicted molar refractivity (Wildman–Crippen MR) is 93.2 cm³/mol. The molecule has 5 nitrogen and oxygen atoms in total. The topological polar surface area (TPSA) is 67.6 Å². The zero-order chi connectivity index (χ0) is 16.7. The Morgan fingerprint density at radius 1 is 1.43 bits per heavy atom. The molecular formula is C16H23Cl2N3O2. The van der Waals surface area contributed by atoms with Crippen LogP contribution in [0.3, 0.4) is 0 Å². The van der Waals surface area contributed by atoms with Crippen molar-refractivity contribution in [2.45, 2.75) is 12.8 Å². The zero-order valence-corrected chi connectivity index (χ0v) is 14.6. The number of rotatable bonds is 7. The number of hydrogen-bond donors (Lipinski definition) is 2. The number of carbonyl (C=O) groups excluding carboxylic acids is 1. The van der Waals surface area contributed by atoms with Gasteiger partial charge in [0.2, 0.25) is 5.91 Å². The van der Waals surface area contributed by atoms with Crippen molar-refractivity contribution in [3.63, 3.8) is 0 Å². The van der Waals surface area contributed by atoms with E-state index in [9.17, 15) is 4.79 Å². The van der Waals surface area contributed by atoms with Crippen molar-refractivity contribution in [3.05, 3.63) is 28.2 Å². The van der Waals surface area contributed by atoms with Gasteiger partial charge in [-0.25, -0.2) is 0 Å². The summed E-state index contributed by atoms with van der Waals surface area (Å²) < 4.78 is 5.71. The van der Waals surface area contributed by atoms with E-state index in [2.05, 4.69) is 10.2 Å². The third kappa shape index (κ3) is 5.84. The maximum absolute atomic E-state index is 12.0. The highest BCUT2D eigenvalue weighted by atomic mass is 35.5. The Kier molecular flexibility index (Phi) is 7.43. The molecule has 1 fully saturated rings. The molecule has 128 valence electrons. The first-order chi connectivity index (χ1) is 11.1. The Labute approximate surface area is 147 Å². The standard InChI is InChI=1S/C16H23Cl2N3O2/c17-13-3-4-15(14(18)10-13)23-9-8-21-7-1-2-12(11-21)16(22)20-6-5-19/h3-4,10,12H,1-2,5-9,11,19H2,(H,20,22). The van der Waals surface area contributed by atoms with Gasteiger partial charge in [-0.2, -0.15) is 0 Å². The van der Waals surface area contributed by atoms with Crippen LogP contribution in [-0.4, -0.2) is 50.1 Å². The van der Waals surface area contributed by atoms with Crippen LogP contribution < -0.4 is 15.8 Å². The van der Waals surface area contributed by atoms with E-state index in [0.717, 1.165) is 32.5 Å². The maximum Gasteiger partial charge on any atom is 0.224 e. The van der Waals surface area contributed by atoms with Crippen LogP contribution in [0.4, 0.5) is 0 Å². The maximum atomic E-state index is 12.0. The molecule has 1 aromatic rings. The van der Waals surface area contributed by atoms with Crippen molar-refractivity contribution in [2.75, 3.05) is 39.3 Å². The SMILES string of the molecule is NCCNC(=O)C1CCCN(CCOc2ccc(Cl)cc2Cl)C1. The van der Waals surface area contributed by atoms with E-state index < -0.39 is 0 Å². The molecule has 0 saturated carbocycles. The van der Waals surface area contributed by atoms with E-state index >= 15 is 0 Å². The molecule has 1 atom stereocenters. The first kappa shape index (κ1) is 18.3. The largest absolute Gasteiger partial charge is 0.491 e. The van der Waals surface area contributed by atoms with Gasteiger partial charge in [-0.15, -0.1) is 0 Å². The number of ether oxygens (including phenoxy) is 1. The second kappa shape index (κ2) is 9.33. The van der Waals surface area contributed by atoms with Crippen molar-refractivity contribution in [3.8, 4) is 5.75 Å². The number of halogens is 2. The summed E-state index contributed by atoms with van der Waals surface area (Å²) in [5.41, 5.74) is 5.42. The number of carbonyl (C=O) groups is 1. The van der Waals surface area contributed by atoms with Crippen molar-refractivity contribution in [1.82, 2.24) is 10.2 Å². The summed E-state index contributed by atoms with van der Waals surface area (Å²) in [6.45, 7) is 4.04. The molecule has 0 bridgehead atoms. The smallest absolute Gasteiger partial charge is 0.224 e. The number of nitrogens with zero attached hydrogens (tertiary/aromatic N) is 1. The third-order valence-corrected chi connectivity index (χ3v) is 4.41. The summed E-state index contributed by atoms with van der Waals surface area (Å²) in [6, 6.07) is 5.18. The van der Waals surface area contributed by atoms with Gasteiger partial charge in [-0.3, -0.25) is 9.69 Å². The van der Waals surface area contributed by atoms with E-state index in [1.54, 1.807) is 18.2 Å². The number of nitrogens with one attached hydrogen (secondary N) is 1. The van der Waals surface area contributed by atoms with Crippen molar-refractivity contribution < 1.29 is 9.53 Å². The van der Waals surface area contributed by atoms with Crippen LogP contribution in [0.1, 0.15) is 12.8 Å². The van der Waals surface area contributed by atoms with E-state index in [1.807, 2.05) is 0 Å². The fourth-order valence-corrected chi connectivity index (χ4v) is 3.15. The zero-order valence-electron chi connectivity index (χ0n) is 13.1. The summed E-state index contributed by atoms with van der Waals surface area (Å²) in [7, 11) is 0. The first-order valence-electron chi connectivity index (χ1n) is 7.88. The van der Waals surface area contributed by atoms with Gasteiger partial charge in [0, 0.05) is 31.2 Å². The lowest BCUT2D eigenvalue weighted by Crippen LogP contribution is -2.45. The normalized spacial score (nSPS) is 18.7. The molecule has 1 aromatic carbocycles. The molecule has 0 spiro atoms. The minimum absolute atomic E-state index is 0.0365. The van der Waals surface area contributed by atoms with Gasteiger partial charge in [-0.1, -0.05) is 23.2 Å². The lowest BCUT2D eigenvalue weighted by atomic mass is 9.97. The Bertz CT molecular complexity index is 528. The number of hydrogen-bond acceptors (Lipinski definition) is 4. The summed E-state index contributed by atoms with van der Waals surface area (Å²) in [5, 5.41) is 3.96. The lowest BCUT2D eigenvalue weighted by Gasteiger charge is -2.31. The van der Waals surface area contributed by atoms with Gasteiger partial charge in [0.1, 0.15) is 12.4 Å². The molecule has 1 aliphatic heterocycles. The predicted octanol–water partition coefficient (Wildman–Crippen LogP) is 2.16. The molecule has 0 aromatic heterocycles. The van der Waals surface area contributed by atoms with Crippen LogP contribution in [0.2, 0.25) is 10.0 Å². The summed E-state index contributed by atoms with van der Waals surface area (Å²) in [6.07, 6.45) is 1.94. The van der Waals surface area contributed by atoms with Crippen molar-refractivity contribution in [2.24, 2.45) is 11.7 Å². The molecule has 7 heteroatoms. The molecule has 1 unspecified atom stereocenters. The minimum atomic E-state index is 0.0365. The quantitative estimate of drug-likeness (QED) is 0.782. The Morgan fingerprint density at radius 2 is 2.26 bits per heavy atom. The second-order valence-corrected chi connectivity index (χ2v) is 6.49. The van der Waals surface area contributed by atoms with Gasteiger partial charge in [0.25, 0.3) is 0 Å². The number of nitrogens with two attached hydrogens (primary N) is 1. The third-order valence-electron chi connectivity index (χ3n) is 3.88. The fourth-order valence-electron chi connectivity index (χ4n) is 2.69. The van der Waals surface area contributed by atoms with Crippen molar-refractivity contribution >= 4 is 29.1 Å². The van der Waals surface area contributed by atoms with Crippen molar-refractivity contribution in [1.29, 1.82) is 0 Å². The average Bonchev–Trinajstić information content (AvgIpc) is 2.55. The number of amides is 1. The summed E-state index contributed by atoms with van der Waals surface area (Å²) in [4.78, 5) is 14.3. The van der Waals surface area contributed by atoms with Gasteiger partial charge < -0.3 is 15.8 Å². The molecule has 1 saturated heterocycles.